The van der Waals surface area contributed by atoms with Crippen molar-refractivity contribution in [3.63, 3.8) is 0 Å². The molecular weight excluding hydrogens is 985 g/mol. The summed E-state index contributed by atoms with van der Waals surface area (Å²) in [7, 11) is 0. The maximum absolute atomic E-state index is 13.6. The molecule has 19 atom stereocenters. The van der Waals surface area contributed by atoms with Gasteiger partial charge in [0.2, 0.25) is 23.6 Å². The van der Waals surface area contributed by atoms with Crippen molar-refractivity contribution in [2.75, 3.05) is 39.3 Å². The molecule has 35 nitrogen and oxygen atoms in total. The summed E-state index contributed by atoms with van der Waals surface area (Å²) in [6, 6.07) is -5.03. The van der Waals surface area contributed by atoms with Gasteiger partial charge in [-0.3, -0.25) is 39.1 Å². The van der Waals surface area contributed by atoms with Crippen molar-refractivity contribution in [1.82, 2.24) is 21.3 Å². The van der Waals surface area contributed by atoms with Gasteiger partial charge in [0.05, 0.1) is 24.7 Å². The minimum absolute atomic E-state index is 0.149. The van der Waals surface area contributed by atoms with Gasteiger partial charge in [-0.2, -0.15) is 0 Å². The monoisotopic (exact) mass is 1060 g/mol. The number of ether oxygens (including phenoxy) is 4. The Morgan fingerprint density at radius 3 is 1.26 bits per heavy atom. The number of nitrogens with zero attached hydrogens (tertiary/aromatic N) is 4. The predicted octanol–water partition coefficient (Wildman–Crippen LogP) is -14.6. The van der Waals surface area contributed by atoms with E-state index in [2.05, 4.69) is 41.2 Å². The molecule has 4 amide bonds. The molecule has 0 aromatic rings. The third-order valence-corrected chi connectivity index (χ3v) is 11.5. The molecule has 0 aromatic carbocycles. The quantitative estimate of drug-likeness (QED) is 0.0282. The number of amides is 4. The minimum Gasteiger partial charge on any atom is -0.394 e. The number of guanidine groups is 4. The standard InChI is InChI=1S/C38H72N16O19/c39-35(40)47-5-1-14(56)29(66)51-10-18-22(61)24(63)25(64)34(70-18)73-28-13(53-31(68)16(58)3-7-49-37(43)44)9-12(52-30(67)15(57)2-6-48-36(41)42)27(26(28)65)72-33-23(62)20(21(60)19(11-55)71-33)54-32(69)17(59)4-8-50-38(45)46/h12-28,33-34,55-65H,1-11H2,(H,51,66)(H,52,67)(H,53,68)(H,54,69)(H4,39,40,47)(H4,41,42,48)(H4,43,44,49)(H4,45,46,50)/t12-,13+,14+,15+,16+,17+,18-,19-,20+,21-,22-,23-,24+,25-,26-,27+,28-,33-,34-/m1/s1. The molecule has 35 heteroatoms. The molecule has 0 spiro atoms. The molecule has 0 bridgehead atoms. The van der Waals surface area contributed by atoms with Gasteiger partial charge in [0.1, 0.15) is 85.5 Å². The normalized spacial score (nSPS) is 31.7. The Morgan fingerprint density at radius 2 is 0.863 bits per heavy atom. The predicted molar refractivity (Wildman–Crippen MR) is 249 cm³/mol. The van der Waals surface area contributed by atoms with E-state index in [4.69, 9.17) is 64.8 Å². The maximum atomic E-state index is 13.6. The summed E-state index contributed by atoms with van der Waals surface area (Å²) in [6.07, 6.45) is -33.0. The number of aliphatic hydroxyl groups excluding tert-OH is 11. The summed E-state index contributed by atoms with van der Waals surface area (Å²) in [5.41, 5.74) is 42.5. The number of hydrogen-bond acceptors (Lipinski definition) is 23. The molecule has 73 heavy (non-hydrogen) atoms. The highest BCUT2D eigenvalue weighted by Gasteiger charge is 2.54. The lowest BCUT2D eigenvalue weighted by Crippen LogP contribution is -2.71. The van der Waals surface area contributed by atoms with Crippen LogP contribution in [0.2, 0.25) is 0 Å². The molecule has 3 rings (SSSR count). The number of aliphatic imine (C=N–C) groups is 4. The van der Waals surface area contributed by atoms with Crippen LogP contribution in [0.15, 0.2) is 20.0 Å². The number of nitrogens with one attached hydrogen (secondary N) is 4. The molecule has 2 aliphatic heterocycles. The van der Waals surface area contributed by atoms with Crippen molar-refractivity contribution in [2.24, 2.45) is 65.8 Å². The average Bonchev–Trinajstić information content (AvgIpc) is 3.31. The second-order valence-electron chi connectivity index (χ2n) is 17.1. The highest BCUT2D eigenvalue weighted by molar-refractivity contribution is 5.83. The van der Waals surface area contributed by atoms with Crippen molar-refractivity contribution in [3.05, 3.63) is 0 Å². The Kier molecular flexibility index (Phi) is 24.7. The van der Waals surface area contributed by atoms with Crippen LogP contribution in [0.4, 0.5) is 0 Å². The van der Waals surface area contributed by atoms with E-state index in [1.807, 2.05) is 0 Å². The molecule has 2 saturated heterocycles. The first-order chi connectivity index (χ1) is 34.3. The second-order valence-corrected chi connectivity index (χ2v) is 17.1. The summed E-state index contributed by atoms with van der Waals surface area (Å²) in [5.74, 6) is -5.84. The molecular formula is C38H72N16O19. The summed E-state index contributed by atoms with van der Waals surface area (Å²) < 4.78 is 23.6. The van der Waals surface area contributed by atoms with E-state index in [1.165, 1.54) is 0 Å². The zero-order valence-electron chi connectivity index (χ0n) is 39.3. The second kappa shape index (κ2) is 29.3. The van der Waals surface area contributed by atoms with Crippen LogP contribution in [-0.2, 0) is 38.1 Å². The zero-order valence-corrected chi connectivity index (χ0v) is 39.3. The Morgan fingerprint density at radius 1 is 0.493 bits per heavy atom. The Balaban J connectivity index is 2.07. The number of carbonyl (C=O) groups is 4. The van der Waals surface area contributed by atoms with Gasteiger partial charge >= 0.3 is 0 Å². The third kappa shape index (κ3) is 18.7. The van der Waals surface area contributed by atoms with Crippen molar-refractivity contribution in [2.45, 2.75) is 148 Å². The largest absolute Gasteiger partial charge is 0.394 e. The number of aliphatic hydroxyl groups is 11. The van der Waals surface area contributed by atoms with Gasteiger partial charge < -0.3 is 142 Å². The highest BCUT2D eigenvalue weighted by atomic mass is 16.7. The molecule has 2 heterocycles. The molecule has 0 unspecified atom stereocenters. The minimum atomic E-state index is -2.25. The SMILES string of the molecule is NC(N)=NCC[C@H](O)C(=O)NC[C@H]1O[C@H](O[C@H]2[C@H](O)[C@@H](O[C@H]3O[C@H](CO)[C@@H](O)[C@H](NC(=O)[C@@H](O)CCN=C(N)N)[C@H]3O)[C@H](NC(=O)[C@@H](O)CCN=C(N)N)C[C@@H]2NC(=O)[C@@H](O)CCN=C(N)N)[C@H](O)[C@@H](O)[C@@H]1O. The lowest BCUT2D eigenvalue weighted by atomic mass is 9.82. The Hall–Kier alpha value is -5.64. The molecule has 3 aliphatic rings. The van der Waals surface area contributed by atoms with Crippen LogP contribution in [0.1, 0.15) is 32.1 Å². The molecule has 0 radical (unpaired) electrons. The molecule has 1 saturated carbocycles. The van der Waals surface area contributed by atoms with Crippen molar-refractivity contribution in [1.29, 1.82) is 0 Å². The van der Waals surface area contributed by atoms with E-state index >= 15 is 0 Å². The zero-order chi connectivity index (χ0) is 54.9. The van der Waals surface area contributed by atoms with E-state index in [1.54, 1.807) is 0 Å². The molecule has 31 N–H and O–H groups in total. The summed E-state index contributed by atoms with van der Waals surface area (Å²) in [4.78, 5) is 67.6. The fourth-order valence-electron chi connectivity index (χ4n) is 7.64. The molecule has 1 aliphatic carbocycles. The number of rotatable bonds is 26. The fourth-order valence-corrected chi connectivity index (χ4v) is 7.64. The highest BCUT2D eigenvalue weighted by Crippen LogP contribution is 2.33. The first-order valence-corrected chi connectivity index (χ1v) is 22.7. The summed E-state index contributed by atoms with van der Waals surface area (Å²) in [6.45, 7) is -2.51. The van der Waals surface area contributed by atoms with Gasteiger partial charge in [-0.15, -0.1) is 0 Å². The Labute approximate surface area is 416 Å². The smallest absolute Gasteiger partial charge is 0.249 e. The van der Waals surface area contributed by atoms with E-state index in [0.29, 0.717) is 0 Å². The molecule has 418 valence electrons. The number of nitrogens with two attached hydrogens (primary N) is 8. The number of hydrogen-bond donors (Lipinski definition) is 23. The van der Waals surface area contributed by atoms with Crippen LogP contribution in [0.5, 0.6) is 0 Å². The Bertz CT molecular complexity index is 1910. The average molecular weight is 1060 g/mol. The van der Waals surface area contributed by atoms with E-state index in [0.717, 1.165) is 0 Å². The van der Waals surface area contributed by atoms with Crippen LogP contribution in [0.3, 0.4) is 0 Å². The fraction of sp³-hybridized carbons (Fsp3) is 0.789. The van der Waals surface area contributed by atoms with Crippen molar-refractivity contribution >= 4 is 47.5 Å². The van der Waals surface area contributed by atoms with Crippen LogP contribution in [0, 0.1) is 0 Å². The lowest BCUT2D eigenvalue weighted by Gasteiger charge is -2.50. The van der Waals surface area contributed by atoms with Crippen LogP contribution in [0.25, 0.3) is 0 Å². The van der Waals surface area contributed by atoms with Crippen LogP contribution < -0.4 is 67.1 Å². The summed E-state index contributed by atoms with van der Waals surface area (Å²) >= 11 is 0. The topological polar surface area (TPSA) is 633 Å². The van der Waals surface area contributed by atoms with E-state index in [9.17, 15) is 75.3 Å². The van der Waals surface area contributed by atoms with Gasteiger partial charge in [-0.05, 0) is 6.42 Å². The van der Waals surface area contributed by atoms with Crippen molar-refractivity contribution < 1.29 is 94.3 Å². The van der Waals surface area contributed by atoms with Gasteiger partial charge in [0.15, 0.2) is 36.4 Å². The summed E-state index contributed by atoms with van der Waals surface area (Å²) in [5, 5.41) is 130. The first-order valence-electron chi connectivity index (χ1n) is 22.7. The van der Waals surface area contributed by atoms with Crippen LogP contribution >= 0.6 is 0 Å². The van der Waals surface area contributed by atoms with Gasteiger partial charge in [-0.25, -0.2) is 0 Å². The van der Waals surface area contributed by atoms with Crippen molar-refractivity contribution in [3.8, 4) is 0 Å². The van der Waals surface area contributed by atoms with E-state index < -0.39 is 159 Å². The number of carbonyl (C=O) groups excluding carboxylic acids is 4. The van der Waals surface area contributed by atoms with Crippen LogP contribution in [-0.4, -0.2) is 259 Å². The lowest BCUT2D eigenvalue weighted by molar-refractivity contribution is -0.334. The van der Waals surface area contributed by atoms with Gasteiger partial charge in [-0.1, -0.05) is 0 Å². The third-order valence-electron chi connectivity index (χ3n) is 11.5. The van der Waals surface area contributed by atoms with Gasteiger partial charge in [0, 0.05) is 58.4 Å². The van der Waals surface area contributed by atoms with E-state index in [-0.39, 0.29) is 75.7 Å². The van der Waals surface area contributed by atoms with Gasteiger partial charge in [0.25, 0.3) is 0 Å². The maximum Gasteiger partial charge on any atom is 0.249 e. The molecule has 0 aromatic heterocycles. The first kappa shape index (κ1) is 61.7. The molecule has 3 fully saturated rings.